The number of unbranched alkanes of at least 4 members (excludes halogenated alkanes) is 2. The molecule has 0 aromatic heterocycles. The smallest absolute Gasteiger partial charge is 0.331 e. The molecule has 0 saturated heterocycles. The van der Waals surface area contributed by atoms with E-state index in [4.69, 9.17) is 5.11 Å². The van der Waals surface area contributed by atoms with Gasteiger partial charge in [0.15, 0.2) is 0 Å². The van der Waals surface area contributed by atoms with Crippen LogP contribution in [-0.4, -0.2) is 11.1 Å². The Kier molecular flexibility index (Phi) is 6.44. The Morgan fingerprint density at radius 1 is 1.33 bits per heavy atom. The van der Waals surface area contributed by atoms with Crippen LogP contribution < -0.4 is 0 Å². The SMILES string of the molecule is CC/C=C(/CCCCC)C(=O)O. The second-order valence-corrected chi connectivity index (χ2v) is 2.90. The first kappa shape index (κ1) is 11.2. The van der Waals surface area contributed by atoms with E-state index in [9.17, 15) is 4.79 Å². The van der Waals surface area contributed by atoms with Crippen LogP contribution in [0.3, 0.4) is 0 Å². The average Bonchev–Trinajstić information content (AvgIpc) is 2.03. The molecule has 0 bridgehead atoms. The molecule has 12 heavy (non-hydrogen) atoms. The number of carboxylic acid groups (broad SMARTS) is 1. The molecule has 70 valence electrons. The van der Waals surface area contributed by atoms with Gasteiger partial charge < -0.3 is 5.11 Å². The quantitative estimate of drug-likeness (QED) is 0.491. The van der Waals surface area contributed by atoms with Gasteiger partial charge in [0.25, 0.3) is 0 Å². The topological polar surface area (TPSA) is 37.3 Å². The molecule has 0 aromatic rings. The van der Waals surface area contributed by atoms with Gasteiger partial charge in [0.05, 0.1) is 0 Å². The maximum Gasteiger partial charge on any atom is 0.331 e. The largest absolute Gasteiger partial charge is 0.478 e. The molecule has 0 saturated carbocycles. The molecular formula is C10H18O2. The Morgan fingerprint density at radius 3 is 2.42 bits per heavy atom. The van der Waals surface area contributed by atoms with Crippen molar-refractivity contribution in [3.63, 3.8) is 0 Å². The van der Waals surface area contributed by atoms with E-state index < -0.39 is 5.97 Å². The van der Waals surface area contributed by atoms with Gasteiger partial charge in [0.2, 0.25) is 0 Å². The average molecular weight is 170 g/mol. The third-order valence-electron chi connectivity index (χ3n) is 1.77. The lowest BCUT2D eigenvalue weighted by Crippen LogP contribution is -2.00. The Hall–Kier alpha value is -0.790. The first-order valence-corrected chi connectivity index (χ1v) is 4.64. The summed E-state index contributed by atoms with van der Waals surface area (Å²) < 4.78 is 0. The maximum absolute atomic E-state index is 10.6. The minimum atomic E-state index is -0.757. The molecule has 0 aliphatic rings. The second kappa shape index (κ2) is 6.89. The highest BCUT2D eigenvalue weighted by Crippen LogP contribution is 2.09. The van der Waals surface area contributed by atoms with E-state index in [2.05, 4.69) is 6.92 Å². The predicted octanol–water partition coefficient (Wildman–Crippen LogP) is 2.99. The Balaban J connectivity index is 3.81. The summed E-state index contributed by atoms with van der Waals surface area (Å²) in [6.45, 7) is 4.08. The van der Waals surface area contributed by atoms with Crippen LogP contribution in [0.1, 0.15) is 46.0 Å². The number of allylic oxidation sites excluding steroid dienone is 1. The van der Waals surface area contributed by atoms with Crippen molar-refractivity contribution >= 4 is 5.97 Å². The van der Waals surface area contributed by atoms with Crippen molar-refractivity contribution in [1.82, 2.24) is 0 Å². The fraction of sp³-hybridized carbons (Fsp3) is 0.700. The fourth-order valence-electron chi connectivity index (χ4n) is 1.11. The van der Waals surface area contributed by atoms with Crippen LogP contribution in [0.4, 0.5) is 0 Å². The molecule has 0 atom stereocenters. The van der Waals surface area contributed by atoms with Gasteiger partial charge in [-0.25, -0.2) is 4.79 Å². The highest BCUT2D eigenvalue weighted by Gasteiger charge is 2.04. The normalized spacial score (nSPS) is 11.7. The lowest BCUT2D eigenvalue weighted by Gasteiger charge is -2.00. The standard InChI is InChI=1S/C10H18O2/c1-3-5-6-8-9(7-4-2)10(11)12/h7H,3-6,8H2,1-2H3,(H,11,12)/b9-7-. The zero-order valence-electron chi connectivity index (χ0n) is 7.97. The molecule has 2 nitrogen and oxygen atoms in total. The van der Waals surface area contributed by atoms with Gasteiger partial charge in [-0.15, -0.1) is 0 Å². The van der Waals surface area contributed by atoms with E-state index in [1.54, 1.807) is 6.08 Å². The summed E-state index contributed by atoms with van der Waals surface area (Å²) in [7, 11) is 0. The van der Waals surface area contributed by atoms with E-state index in [1.165, 1.54) is 0 Å². The van der Waals surface area contributed by atoms with Crippen molar-refractivity contribution < 1.29 is 9.90 Å². The molecule has 1 N–H and O–H groups in total. The highest BCUT2D eigenvalue weighted by molar-refractivity contribution is 5.86. The van der Waals surface area contributed by atoms with Gasteiger partial charge >= 0.3 is 5.97 Å². The van der Waals surface area contributed by atoms with Gasteiger partial charge in [-0.05, 0) is 19.3 Å². The molecule has 0 amide bonds. The molecule has 2 heteroatoms. The number of carbonyl (C=O) groups is 1. The van der Waals surface area contributed by atoms with Crippen LogP contribution in [0.2, 0.25) is 0 Å². The van der Waals surface area contributed by atoms with E-state index in [0.717, 1.165) is 32.1 Å². The first-order chi connectivity index (χ1) is 5.72. The van der Waals surface area contributed by atoms with E-state index in [0.29, 0.717) is 5.57 Å². The summed E-state index contributed by atoms with van der Waals surface area (Å²) in [5.41, 5.74) is 0.575. The van der Waals surface area contributed by atoms with Gasteiger partial charge in [0.1, 0.15) is 0 Å². The third kappa shape index (κ3) is 4.94. The minimum Gasteiger partial charge on any atom is -0.478 e. The molecule has 0 fully saturated rings. The van der Waals surface area contributed by atoms with Crippen molar-refractivity contribution in [2.24, 2.45) is 0 Å². The molecule has 0 rings (SSSR count). The third-order valence-corrected chi connectivity index (χ3v) is 1.77. The Morgan fingerprint density at radius 2 is 2.00 bits per heavy atom. The van der Waals surface area contributed by atoms with Crippen molar-refractivity contribution in [2.45, 2.75) is 46.0 Å². The summed E-state index contributed by atoms with van der Waals surface area (Å²) in [4.78, 5) is 10.6. The Labute approximate surface area is 74.3 Å². The lowest BCUT2D eigenvalue weighted by molar-refractivity contribution is -0.132. The number of hydrogen-bond acceptors (Lipinski definition) is 1. The van der Waals surface area contributed by atoms with Crippen molar-refractivity contribution in [1.29, 1.82) is 0 Å². The summed E-state index contributed by atoms with van der Waals surface area (Å²) >= 11 is 0. The number of hydrogen-bond donors (Lipinski definition) is 1. The molecule has 0 unspecified atom stereocenters. The fourth-order valence-corrected chi connectivity index (χ4v) is 1.11. The highest BCUT2D eigenvalue weighted by atomic mass is 16.4. The summed E-state index contributed by atoms with van der Waals surface area (Å²) in [5.74, 6) is -0.757. The molecule has 0 radical (unpaired) electrons. The van der Waals surface area contributed by atoms with Crippen LogP contribution in [0.25, 0.3) is 0 Å². The zero-order valence-corrected chi connectivity index (χ0v) is 7.97. The van der Waals surface area contributed by atoms with Crippen LogP contribution >= 0.6 is 0 Å². The molecule has 0 spiro atoms. The van der Waals surface area contributed by atoms with Crippen molar-refractivity contribution in [3.8, 4) is 0 Å². The molecule has 0 aliphatic heterocycles. The summed E-state index contributed by atoms with van der Waals surface area (Å²) in [6, 6.07) is 0. The molecule has 0 aromatic carbocycles. The van der Waals surface area contributed by atoms with Gasteiger partial charge in [-0.2, -0.15) is 0 Å². The molecule has 0 aliphatic carbocycles. The van der Waals surface area contributed by atoms with Crippen LogP contribution in [0.15, 0.2) is 11.6 Å². The van der Waals surface area contributed by atoms with Crippen molar-refractivity contribution in [3.05, 3.63) is 11.6 Å². The van der Waals surface area contributed by atoms with E-state index in [1.807, 2.05) is 6.92 Å². The van der Waals surface area contributed by atoms with Gasteiger partial charge in [-0.1, -0.05) is 32.8 Å². The van der Waals surface area contributed by atoms with E-state index >= 15 is 0 Å². The van der Waals surface area contributed by atoms with Gasteiger partial charge in [-0.3, -0.25) is 0 Å². The summed E-state index contributed by atoms with van der Waals surface area (Å²) in [5, 5.41) is 8.74. The van der Waals surface area contributed by atoms with Crippen LogP contribution in [-0.2, 0) is 4.79 Å². The molecule has 0 heterocycles. The number of carboxylic acids is 1. The minimum absolute atomic E-state index is 0.575. The predicted molar refractivity (Wildman–Crippen MR) is 50.2 cm³/mol. The number of aliphatic carboxylic acids is 1. The lowest BCUT2D eigenvalue weighted by atomic mass is 10.1. The molecular weight excluding hydrogens is 152 g/mol. The number of rotatable bonds is 6. The van der Waals surface area contributed by atoms with Crippen LogP contribution in [0.5, 0.6) is 0 Å². The first-order valence-electron chi connectivity index (χ1n) is 4.64. The van der Waals surface area contributed by atoms with Crippen molar-refractivity contribution in [2.75, 3.05) is 0 Å². The monoisotopic (exact) mass is 170 g/mol. The summed E-state index contributed by atoms with van der Waals surface area (Å²) in [6.07, 6.45) is 6.59. The van der Waals surface area contributed by atoms with E-state index in [-0.39, 0.29) is 0 Å². The zero-order chi connectivity index (χ0) is 9.40. The van der Waals surface area contributed by atoms with Gasteiger partial charge in [0, 0.05) is 5.57 Å². The maximum atomic E-state index is 10.6. The second-order valence-electron chi connectivity index (χ2n) is 2.90. The Bertz CT molecular complexity index is 159. The van der Waals surface area contributed by atoms with Crippen LogP contribution in [0, 0.1) is 0 Å².